The summed E-state index contributed by atoms with van der Waals surface area (Å²) in [5.74, 6) is 0.275. The van der Waals surface area contributed by atoms with Crippen LogP contribution in [0.15, 0.2) is 65.1 Å². The fourth-order valence-corrected chi connectivity index (χ4v) is 8.04. The Morgan fingerprint density at radius 2 is 1.50 bits per heavy atom. The molecule has 48 heavy (non-hydrogen) atoms. The van der Waals surface area contributed by atoms with E-state index in [4.69, 9.17) is 38.4 Å². The van der Waals surface area contributed by atoms with Gasteiger partial charge in [0, 0.05) is 10.5 Å². The number of nitrogen functional groups attached to an aromatic ring is 1. The van der Waals surface area contributed by atoms with Crippen molar-refractivity contribution in [3.63, 3.8) is 0 Å². The van der Waals surface area contributed by atoms with Gasteiger partial charge in [-0.25, -0.2) is 9.59 Å². The molecule has 0 saturated heterocycles. The summed E-state index contributed by atoms with van der Waals surface area (Å²) in [4.78, 5) is 26.7. The van der Waals surface area contributed by atoms with Crippen molar-refractivity contribution in [2.24, 2.45) is 17.8 Å². The first kappa shape index (κ1) is 36.5. The van der Waals surface area contributed by atoms with Crippen molar-refractivity contribution in [1.82, 2.24) is 5.32 Å². The van der Waals surface area contributed by atoms with Crippen LogP contribution in [0.5, 0.6) is 0 Å². The Morgan fingerprint density at radius 3 is 2.12 bits per heavy atom. The van der Waals surface area contributed by atoms with E-state index >= 15 is 0 Å². The van der Waals surface area contributed by atoms with Crippen LogP contribution in [-0.2, 0) is 14.3 Å². The lowest BCUT2D eigenvalue weighted by Gasteiger charge is -2.32. The number of para-hydroxylation sites is 1. The van der Waals surface area contributed by atoms with Gasteiger partial charge >= 0.3 is 11.9 Å². The average molecular weight is 760 g/mol. The van der Waals surface area contributed by atoms with Gasteiger partial charge in [0.1, 0.15) is 0 Å². The molecule has 0 spiro atoms. The number of hydrogen-bond acceptors (Lipinski definition) is 7. The van der Waals surface area contributed by atoms with Crippen LogP contribution in [0.25, 0.3) is 0 Å². The van der Waals surface area contributed by atoms with Crippen molar-refractivity contribution in [2.45, 2.75) is 76.8 Å². The van der Waals surface area contributed by atoms with Crippen LogP contribution in [0.2, 0.25) is 10.0 Å². The topological polar surface area (TPSA) is 103 Å². The smallest absolute Gasteiger partial charge is 0.338 e. The highest BCUT2D eigenvalue weighted by atomic mass is 79.9. The fourth-order valence-electron chi connectivity index (χ4n) is 7.06. The molecule has 258 valence electrons. The number of ether oxygens (including phenoxy) is 2. The van der Waals surface area contributed by atoms with Crippen molar-refractivity contribution >= 4 is 62.4 Å². The third-order valence-electron chi connectivity index (χ3n) is 9.78. The van der Waals surface area contributed by atoms with E-state index in [0.717, 1.165) is 60.7 Å². The molecule has 10 heteroatoms. The molecule has 5 rings (SSSR count). The molecular formula is C38H46BrCl2N3O4. The van der Waals surface area contributed by atoms with Gasteiger partial charge in [0.2, 0.25) is 0 Å². The Morgan fingerprint density at radius 1 is 0.875 bits per heavy atom. The highest BCUT2D eigenvalue weighted by molar-refractivity contribution is 9.10. The molecule has 7 nitrogen and oxygen atoms in total. The van der Waals surface area contributed by atoms with Gasteiger partial charge in [-0.05, 0) is 114 Å². The van der Waals surface area contributed by atoms with E-state index in [1.54, 1.807) is 24.3 Å². The van der Waals surface area contributed by atoms with Gasteiger partial charge in [0.25, 0.3) is 0 Å². The maximum absolute atomic E-state index is 13.4. The van der Waals surface area contributed by atoms with Gasteiger partial charge in [-0.2, -0.15) is 0 Å². The zero-order valence-electron chi connectivity index (χ0n) is 27.5. The Kier molecular flexibility index (Phi) is 13.5. The van der Waals surface area contributed by atoms with E-state index < -0.39 is 6.04 Å². The van der Waals surface area contributed by atoms with Crippen LogP contribution in [0.1, 0.15) is 98.3 Å². The normalized spacial score (nSPS) is 19.7. The summed E-state index contributed by atoms with van der Waals surface area (Å²) in [6, 6.07) is 17.6. The Balaban J connectivity index is 1.13. The molecule has 0 heterocycles. The Labute approximate surface area is 302 Å². The van der Waals surface area contributed by atoms with E-state index in [-0.39, 0.29) is 29.8 Å². The van der Waals surface area contributed by atoms with E-state index in [1.165, 1.54) is 19.3 Å². The molecule has 0 radical (unpaired) electrons. The summed E-state index contributed by atoms with van der Waals surface area (Å²) in [7, 11) is 0. The third-order valence-corrected chi connectivity index (χ3v) is 11.1. The lowest BCUT2D eigenvalue weighted by atomic mass is 9.80. The zero-order valence-corrected chi connectivity index (χ0v) is 30.6. The highest BCUT2D eigenvalue weighted by Crippen LogP contribution is 2.40. The third kappa shape index (κ3) is 9.46. The molecule has 2 aliphatic rings. The van der Waals surface area contributed by atoms with E-state index in [0.29, 0.717) is 46.1 Å². The number of hydrogen-bond donors (Lipinski definition) is 3. The molecule has 0 amide bonds. The van der Waals surface area contributed by atoms with Crippen LogP contribution in [0, 0.1) is 17.8 Å². The number of benzene rings is 3. The second-order valence-electron chi connectivity index (χ2n) is 13.1. The minimum Gasteiger partial charge on any atom is -0.464 e. The molecule has 2 fully saturated rings. The molecule has 0 aromatic heterocycles. The maximum Gasteiger partial charge on any atom is 0.338 e. The average Bonchev–Trinajstić information content (AvgIpc) is 3.11. The van der Waals surface area contributed by atoms with Gasteiger partial charge in [-0.3, -0.25) is 0 Å². The SMILES string of the molecule is CCNC(c1cc(C(=O)OCC2CCC(COC(=O)C(Nc3c(Cl)cccc3Cl)c3ccccc3)CC2)cc(Br)c1N)C1CCCCC1. The quantitative estimate of drug-likeness (QED) is 0.118. The highest BCUT2D eigenvalue weighted by Gasteiger charge is 2.30. The summed E-state index contributed by atoms with van der Waals surface area (Å²) in [5, 5.41) is 7.70. The predicted molar refractivity (Wildman–Crippen MR) is 198 cm³/mol. The van der Waals surface area contributed by atoms with Crippen LogP contribution >= 0.6 is 39.1 Å². The zero-order chi connectivity index (χ0) is 34.0. The standard InChI is InChI=1S/C38H46BrCl2N3O4/c1-2-43-34(26-10-5-3-6-11-26)29-20-28(21-30(39)33(29)42)37(45)47-22-24-16-18-25(19-17-24)23-48-38(46)35(27-12-7-4-8-13-27)44-36-31(40)14-9-15-32(36)41/h4,7-9,12-15,20-21,24-26,34-35,43-44H,2-3,5-6,10-11,16-19,22-23,42H2,1H3. The maximum atomic E-state index is 13.4. The largest absolute Gasteiger partial charge is 0.464 e. The summed E-state index contributed by atoms with van der Waals surface area (Å²) >= 11 is 16.4. The molecule has 0 aliphatic heterocycles. The Hall–Kier alpha value is -2.78. The minimum absolute atomic E-state index is 0.108. The van der Waals surface area contributed by atoms with Crippen molar-refractivity contribution in [3.05, 3.63) is 91.9 Å². The molecule has 2 unspecified atom stereocenters. The summed E-state index contributed by atoms with van der Waals surface area (Å²) in [6.45, 7) is 3.62. The van der Waals surface area contributed by atoms with E-state index in [2.05, 4.69) is 33.5 Å². The lowest BCUT2D eigenvalue weighted by molar-refractivity contribution is -0.146. The number of halogens is 3. The minimum atomic E-state index is -0.760. The Bertz CT molecular complexity index is 1510. The van der Waals surface area contributed by atoms with Crippen molar-refractivity contribution in [2.75, 3.05) is 30.8 Å². The number of nitrogens with one attached hydrogen (secondary N) is 2. The second-order valence-corrected chi connectivity index (χ2v) is 14.8. The second kappa shape index (κ2) is 17.7. The first-order valence-corrected chi connectivity index (χ1v) is 18.7. The molecular weight excluding hydrogens is 713 g/mol. The summed E-state index contributed by atoms with van der Waals surface area (Å²) in [5.41, 5.74) is 9.97. The number of carbonyl (C=O) groups is 2. The molecule has 4 N–H and O–H groups in total. The fraction of sp³-hybridized carbons (Fsp3) is 0.474. The van der Waals surface area contributed by atoms with Crippen molar-refractivity contribution < 1.29 is 19.1 Å². The van der Waals surface area contributed by atoms with Gasteiger partial charge in [0.05, 0.1) is 40.2 Å². The lowest BCUT2D eigenvalue weighted by Crippen LogP contribution is -2.30. The number of rotatable bonds is 13. The molecule has 3 aromatic rings. The molecule has 2 aliphatic carbocycles. The van der Waals surface area contributed by atoms with Crippen LogP contribution in [0.3, 0.4) is 0 Å². The van der Waals surface area contributed by atoms with Crippen molar-refractivity contribution in [1.29, 1.82) is 0 Å². The molecule has 2 saturated carbocycles. The van der Waals surface area contributed by atoms with E-state index in [1.807, 2.05) is 36.4 Å². The first-order chi connectivity index (χ1) is 23.2. The van der Waals surface area contributed by atoms with Gasteiger partial charge in [0.15, 0.2) is 6.04 Å². The predicted octanol–water partition coefficient (Wildman–Crippen LogP) is 9.93. The number of nitrogens with two attached hydrogens (primary N) is 1. The number of carbonyl (C=O) groups excluding carboxylic acids is 2. The molecule has 3 aromatic carbocycles. The number of anilines is 2. The van der Waals surface area contributed by atoms with Crippen LogP contribution < -0.4 is 16.4 Å². The van der Waals surface area contributed by atoms with Crippen molar-refractivity contribution in [3.8, 4) is 0 Å². The van der Waals surface area contributed by atoms with Gasteiger partial charge in [-0.1, -0.05) is 85.8 Å². The van der Waals surface area contributed by atoms with Gasteiger partial charge < -0.3 is 25.8 Å². The summed E-state index contributed by atoms with van der Waals surface area (Å²) < 4.78 is 12.4. The first-order valence-electron chi connectivity index (χ1n) is 17.2. The monoisotopic (exact) mass is 757 g/mol. The van der Waals surface area contributed by atoms with Crippen LogP contribution in [-0.4, -0.2) is 31.7 Å². The number of esters is 2. The molecule has 0 bridgehead atoms. The van der Waals surface area contributed by atoms with E-state index in [9.17, 15) is 9.59 Å². The van der Waals surface area contributed by atoms with Gasteiger partial charge in [-0.15, -0.1) is 0 Å². The summed E-state index contributed by atoms with van der Waals surface area (Å²) in [6.07, 6.45) is 9.62. The molecule has 2 atom stereocenters. The van der Waals surface area contributed by atoms with Crippen LogP contribution in [0.4, 0.5) is 11.4 Å².